The van der Waals surface area contributed by atoms with Gasteiger partial charge in [0.15, 0.2) is 0 Å². The van der Waals surface area contributed by atoms with Crippen LogP contribution in [0.15, 0.2) is 27.1 Å². The topological polar surface area (TPSA) is 37.9 Å². The van der Waals surface area contributed by atoms with Crippen molar-refractivity contribution in [3.05, 3.63) is 43.3 Å². The minimum atomic E-state index is -0.346. The Balaban J connectivity index is 2.59. The Morgan fingerprint density at radius 3 is 2.74 bits per heavy atom. The molecule has 0 unspecified atom stereocenters. The zero-order valence-electron chi connectivity index (χ0n) is 9.84. The number of aromatic amines is 1. The highest BCUT2D eigenvalue weighted by Crippen LogP contribution is 2.25. The average Bonchev–Trinajstić information content (AvgIpc) is 2.33. The number of rotatable bonds is 3. The summed E-state index contributed by atoms with van der Waals surface area (Å²) in [5.74, 6) is 0.155. The summed E-state index contributed by atoms with van der Waals surface area (Å²) in [6.45, 7) is 0.357. The van der Waals surface area contributed by atoms with Crippen molar-refractivity contribution in [1.82, 2.24) is 9.97 Å². The second-order valence-electron chi connectivity index (χ2n) is 3.77. The van der Waals surface area contributed by atoms with Crippen molar-refractivity contribution in [2.24, 2.45) is 0 Å². The molecule has 0 spiro atoms. The monoisotopic (exact) mass is 406 g/mol. The Morgan fingerprint density at radius 1 is 1.37 bits per heavy atom. The third-order valence-electron chi connectivity index (χ3n) is 2.36. The highest BCUT2D eigenvalue weighted by Gasteiger charge is 2.09. The van der Waals surface area contributed by atoms with Crippen molar-refractivity contribution in [2.75, 3.05) is 7.11 Å². The van der Waals surface area contributed by atoms with Crippen molar-refractivity contribution < 1.29 is 9.13 Å². The molecule has 0 fully saturated rings. The second kappa shape index (κ2) is 6.21. The third-order valence-corrected chi connectivity index (χ3v) is 4.23. The lowest BCUT2D eigenvalue weighted by atomic mass is 10.2. The van der Waals surface area contributed by atoms with Crippen LogP contribution < -0.4 is 0 Å². The van der Waals surface area contributed by atoms with Gasteiger partial charge in [0, 0.05) is 17.1 Å². The summed E-state index contributed by atoms with van der Waals surface area (Å²) in [5, 5.41) is 0. The van der Waals surface area contributed by atoms with Gasteiger partial charge in [-0.3, -0.25) is 0 Å². The van der Waals surface area contributed by atoms with Gasteiger partial charge in [0.25, 0.3) is 0 Å². The Labute approximate surface area is 131 Å². The standard InChI is InChI=1S/C12H9Br2FN2OS/c1-18-5-9-10(14)12(19)17-11(16-9)6-2-7(13)4-8(15)3-6/h2-4H,5H2,1H3,(H,16,17,19). The van der Waals surface area contributed by atoms with Gasteiger partial charge in [-0.2, -0.15) is 0 Å². The Morgan fingerprint density at radius 2 is 2.11 bits per heavy atom. The maximum absolute atomic E-state index is 13.4. The fourth-order valence-electron chi connectivity index (χ4n) is 1.58. The number of benzene rings is 1. The first kappa shape index (κ1) is 14.8. The fraction of sp³-hybridized carbons (Fsp3) is 0.167. The molecule has 0 aliphatic rings. The highest BCUT2D eigenvalue weighted by atomic mass is 79.9. The molecule has 3 nitrogen and oxygen atoms in total. The maximum atomic E-state index is 13.4. The quantitative estimate of drug-likeness (QED) is 0.754. The normalized spacial score (nSPS) is 10.7. The van der Waals surface area contributed by atoms with Crippen LogP contribution in [0.2, 0.25) is 0 Å². The number of methoxy groups -OCH3 is 1. The molecule has 0 amide bonds. The molecule has 100 valence electrons. The van der Waals surface area contributed by atoms with Gasteiger partial charge in [0.1, 0.15) is 16.3 Å². The SMILES string of the molecule is COCc1[nH]c(-c2cc(F)cc(Br)c2)nc(=S)c1Br. The molecule has 2 rings (SSSR count). The van der Waals surface area contributed by atoms with Crippen molar-refractivity contribution in [1.29, 1.82) is 0 Å². The summed E-state index contributed by atoms with van der Waals surface area (Å²) in [7, 11) is 1.59. The van der Waals surface area contributed by atoms with E-state index in [1.165, 1.54) is 12.1 Å². The van der Waals surface area contributed by atoms with E-state index in [2.05, 4.69) is 41.8 Å². The molecule has 1 aromatic heterocycles. The van der Waals surface area contributed by atoms with E-state index in [1.54, 1.807) is 13.2 Å². The van der Waals surface area contributed by atoms with Crippen molar-refractivity contribution in [3.63, 3.8) is 0 Å². The lowest BCUT2D eigenvalue weighted by molar-refractivity contribution is 0.181. The van der Waals surface area contributed by atoms with E-state index in [-0.39, 0.29) is 5.82 Å². The predicted octanol–water partition coefficient (Wildman–Crippen LogP) is 4.62. The molecule has 1 heterocycles. The van der Waals surface area contributed by atoms with Gasteiger partial charge in [-0.25, -0.2) is 9.37 Å². The largest absolute Gasteiger partial charge is 0.378 e. The summed E-state index contributed by atoms with van der Waals surface area (Å²) < 4.78 is 20.2. The number of halogens is 3. The van der Waals surface area contributed by atoms with E-state index in [0.717, 1.165) is 5.69 Å². The summed E-state index contributed by atoms with van der Waals surface area (Å²) >= 11 is 11.8. The van der Waals surface area contributed by atoms with E-state index < -0.39 is 0 Å². The molecule has 7 heteroatoms. The third kappa shape index (κ3) is 3.47. The van der Waals surface area contributed by atoms with Gasteiger partial charge in [-0.15, -0.1) is 0 Å². The number of aromatic nitrogens is 2. The minimum Gasteiger partial charge on any atom is -0.378 e. The van der Waals surface area contributed by atoms with Gasteiger partial charge in [0.05, 0.1) is 16.8 Å². The van der Waals surface area contributed by atoms with E-state index in [4.69, 9.17) is 17.0 Å². The van der Waals surface area contributed by atoms with Crippen LogP contribution >= 0.6 is 44.1 Å². The molecular formula is C12H9Br2FN2OS. The molecule has 0 atom stereocenters. The molecule has 0 aliphatic carbocycles. The summed E-state index contributed by atoms with van der Waals surface area (Å²) in [5.41, 5.74) is 1.38. The molecule has 1 N–H and O–H groups in total. The Hall–Kier alpha value is -0.630. The molecule has 0 saturated carbocycles. The van der Waals surface area contributed by atoms with Gasteiger partial charge >= 0.3 is 0 Å². The van der Waals surface area contributed by atoms with Crippen LogP contribution in [-0.2, 0) is 11.3 Å². The molecule has 0 aliphatic heterocycles. The number of hydrogen-bond donors (Lipinski definition) is 1. The Kier molecular flexibility index (Phi) is 4.83. The van der Waals surface area contributed by atoms with Gasteiger partial charge in [0.2, 0.25) is 0 Å². The van der Waals surface area contributed by atoms with Crippen LogP contribution in [0.4, 0.5) is 4.39 Å². The predicted molar refractivity (Wildman–Crippen MR) is 80.9 cm³/mol. The number of nitrogens with one attached hydrogen (secondary N) is 1. The van der Waals surface area contributed by atoms with Crippen molar-refractivity contribution in [3.8, 4) is 11.4 Å². The molecule has 1 aromatic carbocycles. The first-order valence-corrected chi connectivity index (χ1v) is 7.25. The molecule has 0 saturated heterocycles. The number of ether oxygens (including phenoxy) is 1. The first-order valence-electron chi connectivity index (χ1n) is 5.25. The first-order chi connectivity index (χ1) is 9.01. The van der Waals surface area contributed by atoms with E-state index in [1.807, 2.05) is 0 Å². The lowest BCUT2D eigenvalue weighted by Gasteiger charge is -2.08. The molecule has 0 radical (unpaired) electrons. The molecule has 19 heavy (non-hydrogen) atoms. The van der Waals surface area contributed by atoms with Crippen LogP contribution in [0.1, 0.15) is 5.69 Å². The summed E-state index contributed by atoms with van der Waals surface area (Å²) in [6.07, 6.45) is 0. The smallest absolute Gasteiger partial charge is 0.144 e. The highest BCUT2D eigenvalue weighted by molar-refractivity contribution is 9.10. The fourth-order valence-corrected chi connectivity index (χ4v) is 2.56. The van der Waals surface area contributed by atoms with Crippen molar-refractivity contribution in [2.45, 2.75) is 6.61 Å². The van der Waals surface area contributed by atoms with Crippen LogP contribution in [-0.4, -0.2) is 17.1 Å². The average molecular weight is 408 g/mol. The van der Waals surface area contributed by atoms with Crippen LogP contribution in [0.3, 0.4) is 0 Å². The summed E-state index contributed by atoms with van der Waals surface area (Å²) in [6, 6.07) is 4.54. The van der Waals surface area contributed by atoms with Crippen LogP contribution in [0.5, 0.6) is 0 Å². The van der Waals surface area contributed by atoms with Gasteiger partial charge in [-0.1, -0.05) is 28.1 Å². The van der Waals surface area contributed by atoms with Crippen LogP contribution in [0.25, 0.3) is 11.4 Å². The molecule has 2 aromatic rings. The van der Waals surface area contributed by atoms with Gasteiger partial charge in [-0.05, 0) is 34.1 Å². The Bertz CT molecular complexity index is 655. The zero-order chi connectivity index (χ0) is 14.0. The van der Waals surface area contributed by atoms with E-state index in [9.17, 15) is 4.39 Å². The zero-order valence-corrected chi connectivity index (χ0v) is 13.8. The van der Waals surface area contributed by atoms with Gasteiger partial charge < -0.3 is 9.72 Å². The van der Waals surface area contributed by atoms with E-state index >= 15 is 0 Å². The summed E-state index contributed by atoms with van der Waals surface area (Å²) in [4.78, 5) is 7.33. The number of H-pyrrole nitrogens is 1. The number of nitrogens with zero attached hydrogens (tertiary/aromatic N) is 1. The number of hydrogen-bond acceptors (Lipinski definition) is 3. The minimum absolute atomic E-state index is 0.346. The lowest BCUT2D eigenvalue weighted by Crippen LogP contribution is -2.00. The van der Waals surface area contributed by atoms with E-state index in [0.29, 0.717) is 31.6 Å². The van der Waals surface area contributed by atoms with Crippen molar-refractivity contribution >= 4 is 44.1 Å². The molecule has 0 bridgehead atoms. The molecular weight excluding hydrogens is 399 g/mol. The second-order valence-corrected chi connectivity index (χ2v) is 5.87. The maximum Gasteiger partial charge on any atom is 0.144 e. The van der Waals surface area contributed by atoms with Crippen LogP contribution in [0, 0.1) is 10.5 Å².